The number of alkyl halides is 3. The molecule has 0 aliphatic rings. The summed E-state index contributed by atoms with van der Waals surface area (Å²) in [5, 5.41) is 1.71. The largest absolute Gasteiger partial charge is 0.453 e. The molecule has 0 atom stereocenters. The minimum absolute atomic E-state index is 0.0306. The molecule has 0 aliphatic carbocycles. The zero-order valence-electron chi connectivity index (χ0n) is 18.4. The van der Waals surface area contributed by atoms with Crippen LogP contribution in [0, 0.1) is 0 Å². The molecule has 0 bridgehead atoms. The second-order valence-electron chi connectivity index (χ2n) is 7.87. The second kappa shape index (κ2) is 9.46. The maximum Gasteiger partial charge on any atom is 0.453 e. The number of halogens is 5. The highest BCUT2D eigenvalue weighted by Crippen LogP contribution is 2.39. The van der Waals surface area contributed by atoms with Crippen LogP contribution in [0.5, 0.6) is 17.2 Å². The van der Waals surface area contributed by atoms with Crippen LogP contribution in [0.1, 0.15) is 16.1 Å². The van der Waals surface area contributed by atoms with Crippen molar-refractivity contribution in [3.63, 3.8) is 0 Å². The number of ether oxygens (including phenoxy) is 2. The number of carbonyl (C=O) groups is 1. The van der Waals surface area contributed by atoms with Gasteiger partial charge in [-0.3, -0.25) is 4.79 Å². The van der Waals surface area contributed by atoms with Crippen LogP contribution in [0.3, 0.4) is 0 Å². The number of hydrogen-bond acceptors (Lipinski definition) is 5. The van der Waals surface area contributed by atoms with Crippen molar-refractivity contribution in [2.45, 2.75) is 6.18 Å². The standard InChI is InChI=1S/C27H13Cl2F3O5/c28-20-10-6-16(12-21(20)29)26(34)36-18-8-9-19-22(13-18)37-25(27(30,31)32)24(23(19)33)35-17-7-5-14-3-1-2-4-15(14)11-17/h1-13H. The Morgan fingerprint density at radius 3 is 2.27 bits per heavy atom. The van der Waals surface area contributed by atoms with Gasteiger partial charge in [0, 0.05) is 6.07 Å². The van der Waals surface area contributed by atoms with Crippen molar-refractivity contribution >= 4 is 50.9 Å². The normalized spacial score (nSPS) is 11.6. The van der Waals surface area contributed by atoms with Crippen molar-refractivity contribution in [3.8, 4) is 17.2 Å². The molecule has 10 heteroatoms. The lowest BCUT2D eigenvalue weighted by molar-refractivity contribution is -0.154. The SMILES string of the molecule is O=C(Oc1ccc2c(=O)c(Oc3ccc4ccccc4c3)c(C(F)(F)F)oc2c1)c1ccc(Cl)c(Cl)c1. The highest BCUT2D eigenvalue weighted by atomic mass is 35.5. The number of rotatable bonds is 4. The lowest BCUT2D eigenvalue weighted by atomic mass is 10.1. The first-order chi connectivity index (χ1) is 17.6. The fourth-order valence-electron chi connectivity index (χ4n) is 3.64. The van der Waals surface area contributed by atoms with Crippen LogP contribution in [-0.4, -0.2) is 5.97 Å². The molecule has 0 amide bonds. The van der Waals surface area contributed by atoms with Crippen molar-refractivity contribution < 1.29 is 31.9 Å². The van der Waals surface area contributed by atoms with Crippen LogP contribution in [-0.2, 0) is 6.18 Å². The molecule has 5 rings (SSSR count). The zero-order valence-corrected chi connectivity index (χ0v) is 19.9. The molecule has 0 N–H and O–H groups in total. The zero-order chi connectivity index (χ0) is 26.3. The van der Waals surface area contributed by atoms with E-state index < -0.39 is 34.7 Å². The molecular weight excluding hydrogens is 532 g/mol. The number of carbonyl (C=O) groups excluding carboxylic acids is 1. The van der Waals surface area contributed by atoms with E-state index in [0.29, 0.717) is 5.39 Å². The van der Waals surface area contributed by atoms with Gasteiger partial charge in [-0.1, -0.05) is 53.5 Å². The second-order valence-corrected chi connectivity index (χ2v) is 8.69. The van der Waals surface area contributed by atoms with Crippen LogP contribution < -0.4 is 14.9 Å². The van der Waals surface area contributed by atoms with E-state index in [1.807, 2.05) is 12.1 Å². The molecule has 186 valence electrons. The van der Waals surface area contributed by atoms with Gasteiger partial charge in [-0.25, -0.2) is 4.79 Å². The van der Waals surface area contributed by atoms with Gasteiger partial charge in [0.1, 0.15) is 17.1 Å². The summed E-state index contributed by atoms with van der Waals surface area (Å²) < 4.78 is 57.4. The maximum absolute atomic E-state index is 13.9. The molecule has 1 aromatic heterocycles. The Balaban J connectivity index is 1.54. The third kappa shape index (κ3) is 4.98. The maximum atomic E-state index is 13.9. The van der Waals surface area contributed by atoms with Gasteiger partial charge in [0.25, 0.3) is 5.76 Å². The van der Waals surface area contributed by atoms with E-state index in [1.165, 1.54) is 42.5 Å². The summed E-state index contributed by atoms with van der Waals surface area (Å²) in [5.41, 5.74) is -1.42. The monoisotopic (exact) mass is 544 g/mol. The summed E-state index contributed by atoms with van der Waals surface area (Å²) in [6, 6.07) is 19.3. The van der Waals surface area contributed by atoms with Crippen molar-refractivity contribution in [2.24, 2.45) is 0 Å². The predicted octanol–water partition coefficient (Wildman–Crippen LogP) is 8.28. The van der Waals surface area contributed by atoms with Gasteiger partial charge >= 0.3 is 12.1 Å². The Hall–Kier alpha value is -4.01. The first-order valence-corrected chi connectivity index (χ1v) is 11.4. The van der Waals surface area contributed by atoms with Gasteiger partial charge in [-0.2, -0.15) is 13.2 Å². The third-order valence-corrected chi connectivity index (χ3v) is 6.13. The highest BCUT2D eigenvalue weighted by molar-refractivity contribution is 6.42. The molecule has 1 heterocycles. The summed E-state index contributed by atoms with van der Waals surface area (Å²) in [4.78, 5) is 25.5. The van der Waals surface area contributed by atoms with E-state index in [1.54, 1.807) is 18.2 Å². The molecule has 0 fully saturated rings. The first-order valence-electron chi connectivity index (χ1n) is 10.6. The van der Waals surface area contributed by atoms with Gasteiger partial charge in [0.05, 0.1) is 21.0 Å². The van der Waals surface area contributed by atoms with Gasteiger partial charge in [-0.15, -0.1) is 0 Å². The Morgan fingerprint density at radius 1 is 0.811 bits per heavy atom. The van der Waals surface area contributed by atoms with Gasteiger partial charge in [0.2, 0.25) is 11.2 Å². The Kier molecular flexibility index (Phi) is 6.31. The molecule has 0 saturated heterocycles. The minimum atomic E-state index is -5.05. The van der Waals surface area contributed by atoms with Gasteiger partial charge in [0.15, 0.2) is 0 Å². The third-order valence-electron chi connectivity index (χ3n) is 5.39. The summed E-state index contributed by atoms with van der Waals surface area (Å²) in [5.74, 6) is -3.58. The Bertz CT molecular complexity index is 1740. The fourth-order valence-corrected chi connectivity index (χ4v) is 3.94. The minimum Gasteiger partial charge on any atom is -0.449 e. The Morgan fingerprint density at radius 2 is 1.54 bits per heavy atom. The predicted molar refractivity (Wildman–Crippen MR) is 133 cm³/mol. The lowest BCUT2D eigenvalue weighted by Gasteiger charge is -2.14. The molecule has 0 radical (unpaired) electrons. The number of benzene rings is 4. The van der Waals surface area contributed by atoms with E-state index in [0.717, 1.165) is 11.5 Å². The summed E-state index contributed by atoms with van der Waals surface area (Å²) in [6.07, 6.45) is -5.05. The fraction of sp³-hybridized carbons (Fsp3) is 0.0370. The van der Waals surface area contributed by atoms with E-state index in [2.05, 4.69) is 0 Å². The van der Waals surface area contributed by atoms with Crippen molar-refractivity contribution in [1.82, 2.24) is 0 Å². The summed E-state index contributed by atoms with van der Waals surface area (Å²) >= 11 is 11.7. The molecule has 0 unspecified atom stereocenters. The lowest BCUT2D eigenvalue weighted by Crippen LogP contribution is -2.15. The smallest absolute Gasteiger partial charge is 0.449 e. The number of hydrogen-bond donors (Lipinski definition) is 0. The average molecular weight is 545 g/mol. The van der Waals surface area contributed by atoms with E-state index in [4.69, 9.17) is 37.1 Å². The molecule has 0 saturated carbocycles. The van der Waals surface area contributed by atoms with Crippen LogP contribution in [0.15, 0.2) is 88.1 Å². The van der Waals surface area contributed by atoms with E-state index in [-0.39, 0.29) is 32.5 Å². The topological polar surface area (TPSA) is 65.7 Å². The van der Waals surface area contributed by atoms with Gasteiger partial charge in [-0.05, 0) is 53.2 Å². The molecule has 5 aromatic rings. The molecule has 5 nitrogen and oxygen atoms in total. The van der Waals surface area contributed by atoms with Crippen LogP contribution in [0.2, 0.25) is 10.0 Å². The van der Waals surface area contributed by atoms with Crippen molar-refractivity contribution in [2.75, 3.05) is 0 Å². The molecule has 37 heavy (non-hydrogen) atoms. The first kappa shape index (κ1) is 24.7. The van der Waals surface area contributed by atoms with E-state index >= 15 is 0 Å². The van der Waals surface area contributed by atoms with Crippen LogP contribution in [0.25, 0.3) is 21.7 Å². The van der Waals surface area contributed by atoms with Crippen molar-refractivity contribution in [1.29, 1.82) is 0 Å². The summed E-state index contributed by atoms with van der Waals surface area (Å²) in [7, 11) is 0. The highest BCUT2D eigenvalue weighted by Gasteiger charge is 2.40. The summed E-state index contributed by atoms with van der Waals surface area (Å²) in [6.45, 7) is 0. The van der Waals surface area contributed by atoms with Gasteiger partial charge < -0.3 is 13.9 Å². The van der Waals surface area contributed by atoms with Crippen molar-refractivity contribution in [3.05, 3.63) is 110 Å². The van der Waals surface area contributed by atoms with Crippen LogP contribution in [0.4, 0.5) is 13.2 Å². The molecule has 0 aliphatic heterocycles. The molecule has 4 aromatic carbocycles. The van der Waals surface area contributed by atoms with Crippen LogP contribution >= 0.6 is 23.2 Å². The van der Waals surface area contributed by atoms with E-state index in [9.17, 15) is 22.8 Å². The Labute approximate surface area is 216 Å². The number of esters is 1. The molecule has 0 spiro atoms. The average Bonchev–Trinajstić information content (AvgIpc) is 2.86. The quantitative estimate of drug-likeness (QED) is 0.168. The molecular formula is C27H13Cl2F3O5. The number of fused-ring (bicyclic) bond motifs is 2.